The minimum atomic E-state index is 0.230. The summed E-state index contributed by atoms with van der Waals surface area (Å²) in [5, 5.41) is 3.23. The maximum Gasteiger partial charge on any atom is 0.223 e. The van der Waals surface area contributed by atoms with Crippen LogP contribution in [0.15, 0.2) is 0 Å². The molecule has 0 aliphatic carbocycles. The van der Waals surface area contributed by atoms with Crippen LogP contribution in [0.2, 0.25) is 0 Å². The molecule has 0 atom stereocenters. The summed E-state index contributed by atoms with van der Waals surface area (Å²) in [6, 6.07) is 0. The van der Waals surface area contributed by atoms with Gasteiger partial charge in [-0.1, -0.05) is 13.8 Å². The third-order valence-electron chi connectivity index (χ3n) is 2.89. The molecule has 0 aliphatic rings. The quantitative estimate of drug-likeness (QED) is 0.576. The van der Waals surface area contributed by atoms with Crippen molar-refractivity contribution in [3.05, 3.63) is 0 Å². The van der Waals surface area contributed by atoms with E-state index in [0.717, 1.165) is 45.8 Å². The molecule has 0 unspecified atom stereocenters. The highest BCUT2D eigenvalue weighted by Crippen LogP contribution is 1.98. The molecule has 0 rings (SSSR count). The van der Waals surface area contributed by atoms with E-state index >= 15 is 0 Å². The van der Waals surface area contributed by atoms with Gasteiger partial charge in [-0.15, -0.1) is 0 Å². The normalized spacial score (nSPS) is 10.9. The van der Waals surface area contributed by atoms with Gasteiger partial charge in [-0.25, -0.2) is 0 Å². The molecule has 4 nitrogen and oxygen atoms in total. The van der Waals surface area contributed by atoms with Gasteiger partial charge in [-0.05, 0) is 26.2 Å². The van der Waals surface area contributed by atoms with E-state index in [4.69, 9.17) is 4.74 Å². The maximum atomic E-state index is 11.7. The lowest BCUT2D eigenvalue weighted by molar-refractivity contribution is -0.130. The standard InChI is InChI=1S/C14H30N2O2/c1-5-16(6-2)14(17)7-9-15-10-12-18-11-8-13(3)4/h13,15H,5-12H2,1-4H3. The molecule has 4 heteroatoms. The summed E-state index contributed by atoms with van der Waals surface area (Å²) in [6.45, 7) is 13.1. The fraction of sp³-hybridized carbons (Fsp3) is 0.929. The molecule has 0 radical (unpaired) electrons. The van der Waals surface area contributed by atoms with Gasteiger partial charge in [0.2, 0.25) is 5.91 Å². The number of nitrogens with one attached hydrogen (secondary N) is 1. The van der Waals surface area contributed by atoms with E-state index in [1.54, 1.807) is 0 Å². The van der Waals surface area contributed by atoms with Crippen LogP contribution in [0.4, 0.5) is 0 Å². The second-order valence-electron chi connectivity index (χ2n) is 4.86. The number of hydrogen-bond acceptors (Lipinski definition) is 3. The van der Waals surface area contributed by atoms with Gasteiger partial charge in [0.1, 0.15) is 0 Å². The SMILES string of the molecule is CCN(CC)C(=O)CCNCCOCCC(C)C. The predicted octanol–water partition coefficient (Wildman–Crippen LogP) is 1.90. The molecule has 18 heavy (non-hydrogen) atoms. The molecule has 108 valence electrons. The number of amides is 1. The Morgan fingerprint density at radius 3 is 2.39 bits per heavy atom. The second-order valence-corrected chi connectivity index (χ2v) is 4.86. The van der Waals surface area contributed by atoms with Gasteiger partial charge in [0.05, 0.1) is 6.61 Å². The highest BCUT2D eigenvalue weighted by Gasteiger charge is 2.07. The average Bonchev–Trinajstić information content (AvgIpc) is 2.33. The molecule has 0 aromatic heterocycles. The number of carbonyl (C=O) groups is 1. The Bertz CT molecular complexity index is 204. The van der Waals surface area contributed by atoms with Crippen molar-refractivity contribution in [3.63, 3.8) is 0 Å². The van der Waals surface area contributed by atoms with E-state index in [1.807, 2.05) is 18.7 Å². The van der Waals surface area contributed by atoms with Gasteiger partial charge < -0.3 is 15.0 Å². The van der Waals surface area contributed by atoms with Crippen molar-refractivity contribution in [1.29, 1.82) is 0 Å². The molecular formula is C14H30N2O2. The molecule has 0 aromatic carbocycles. The fourth-order valence-electron chi connectivity index (χ4n) is 1.62. The molecule has 1 N–H and O–H groups in total. The molecule has 0 aromatic rings. The van der Waals surface area contributed by atoms with Gasteiger partial charge in [-0.2, -0.15) is 0 Å². The van der Waals surface area contributed by atoms with Crippen LogP contribution in [-0.2, 0) is 9.53 Å². The van der Waals surface area contributed by atoms with E-state index in [1.165, 1.54) is 0 Å². The summed E-state index contributed by atoms with van der Waals surface area (Å²) >= 11 is 0. The van der Waals surface area contributed by atoms with E-state index in [-0.39, 0.29) is 5.91 Å². The van der Waals surface area contributed by atoms with E-state index in [2.05, 4.69) is 19.2 Å². The smallest absolute Gasteiger partial charge is 0.223 e. The van der Waals surface area contributed by atoms with Gasteiger partial charge in [-0.3, -0.25) is 4.79 Å². The summed E-state index contributed by atoms with van der Waals surface area (Å²) in [5.74, 6) is 0.929. The highest BCUT2D eigenvalue weighted by atomic mass is 16.5. The first kappa shape index (κ1) is 17.4. The largest absolute Gasteiger partial charge is 0.380 e. The maximum absolute atomic E-state index is 11.7. The first-order valence-electron chi connectivity index (χ1n) is 7.18. The molecule has 0 fully saturated rings. The van der Waals surface area contributed by atoms with Crippen molar-refractivity contribution in [2.45, 2.75) is 40.5 Å². The van der Waals surface area contributed by atoms with Gasteiger partial charge >= 0.3 is 0 Å². The number of hydrogen-bond donors (Lipinski definition) is 1. The summed E-state index contributed by atoms with van der Waals surface area (Å²) in [5.41, 5.74) is 0. The Hall–Kier alpha value is -0.610. The lowest BCUT2D eigenvalue weighted by Crippen LogP contribution is -2.33. The summed E-state index contributed by atoms with van der Waals surface area (Å²) in [4.78, 5) is 13.5. The van der Waals surface area contributed by atoms with Crippen molar-refractivity contribution in [2.75, 3.05) is 39.4 Å². The van der Waals surface area contributed by atoms with Crippen LogP contribution in [0.3, 0.4) is 0 Å². The molecule has 0 bridgehead atoms. The fourth-order valence-corrected chi connectivity index (χ4v) is 1.62. The van der Waals surface area contributed by atoms with Crippen LogP contribution in [0.25, 0.3) is 0 Å². The van der Waals surface area contributed by atoms with Crippen molar-refractivity contribution in [3.8, 4) is 0 Å². The number of nitrogens with zero attached hydrogens (tertiary/aromatic N) is 1. The molecule has 0 heterocycles. The Morgan fingerprint density at radius 1 is 1.17 bits per heavy atom. The number of ether oxygens (including phenoxy) is 1. The topological polar surface area (TPSA) is 41.6 Å². The first-order valence-corrected chi connectivity index (χ1v) is 7.18. The third kappa shape index (κ3) is 9.42. The number of rotatable bonds is 11. The zero-order chi connectivity index (χ0) is 13.8. The third-order valence-corrected chi connectivity index (χ3v) is 2.89. The summed E-state index contributed by atoms with van der Waals surface area (Å²) in [6.07, 6.45) is 1.69. The number of carbonyl (C=O) groups excluding carboxylic acids is 1. The van der Waals surface area contributed by atoms with Crippen molar-refractivity contribution < 1.29 is 9.53 Å². The zero-order valence-corrected chi connectivity index (χ0v) is 12.5. The van der Waals surface area contributed by atoms with Crippen LogP contribution in [0.5, 0.6) is 0 Å². The predicted molar refractivity (Wildman–Crippen MR) is 75.7 cm³/mol. The van der Waals surface area contributed by atoms with E-state index < -0.39 is 0 Å². The highest BCUT2D eigenvalue weighted by molar-refractivity contribution is 5.76. The van der Waals surface area contributed by atoms with E-state index in [0.29, 0.717) is 12.3 Å². The molecular weight excluding hydrogens is 228 g/mol. The Kier molecular flexibility index (Phi) is 11.1. The zero-order valence-electron chi connectivity index (χ0n) is 12.5. The summed E-state index contributed by atoms with van der Waals surface area (Å²) in [7, 11) is 0. The average molecular weight is 258 g/mol. The molecule has 0 saturated heterocycles. The monoisotopic (exact) mass is 258 g/mol. The Morgan fingerprint density at radius 2 is 1.83 bits per heavy atom. The van der Waals surface area contributed by atoms with Crippen molar-refractivity contribution in [1.82, 2.24) is 10.2 Å². The molecule has 0 aliphatic heterocycles. The van der Waals surface area contributed by atoms with Gasteiger partial charge in [0, 0.05) is 39.2 Å². The van der Waals surface area contributed by atoms with Crippen LogP contribution in [-0.4, -0.2) is 50.2 Å². The van der Waals surface area contributed by atoms with Crippen molar-refractivity contribution in [2.24, 2.45) is 5.92 Å². The molecule has 0 saturated carbocycles. The van der Waals surface area contributed by atoms with E-state index in [9.17, 15) is 4.79 Å². The van der Waals surface area contributed by atoms with Crippen LogP contribution in [0, 0.1) is 5.92 Å². The van der Waals surface area contributed by atoms with Gasteiger partial charge in [0.15, 0.2) is 0 Å². The first-order chi connectivity index (χ1) is 8.61. The van der Waals surface area contributed by atoms with Gasteiger partial charge in [0.25, 0.3) is 0 Å². The minimum Gasteiger partial charge on any atom is -0.380 e. The van der Waals surface area contributed by atoms with Crippen LogP contribution in [0.1, 0.15) is 40.5 Å². The lowest BCUT2D eigenvalue weighted by Gasteiger charge is -2.18. The van der Waals surface area contributed by atoms with Crippen LogP contribution >= 0.6 is 0 Å². The second kappa shape index (κ2) is 11.5. The van der Waals surface area contributed by atoms with Crippen molar-refractivity contribution >= 4 is 5.91 Å². The summed E-state index contributed by atoms with van der Waals surface area (Å²) < 4.78 is 5.48. The van der Waals surface area contributed by atoms with Crippen LogP contribution < -0.4 is 5.32 Å². The Labute approximate surface area is 112 Å². The minimum absolute atomic E-state index is 0.230. The molecule has 1 amide bonds. The lowest BCUT2D eigenvalue weighted by atomic mass is 10.1. The Balaban J connectivity index is 3.32. The molecule has 0 spiro atoms.